The summed E-state index contributed by atoms with van der Waals surface area (Å²) in [5, 5.41) is 3.02. The second-order valence-electron chi connectivity index (χ2n) is 4.77. The molecule has 1 aliphatic rings. The molecule has 98 valence electrons. The summed E-state index contributed by atoms with van der Waals surface area (Å²) < 4.78 is 18.2. The summed E-state index contributed by atoms with van der Waals surface area (Å²) in [7, 11) is 1.65. The summed E-state index contributed by atoms with van der Waals surface area (Å²) in [5.74, 6) is -0.815. The lowest BCUT2D eigenvalue weighted by Crippen LogP contribution is -2.32. The lowest BCUT2D eigenvalue weighted by molar-refractivity contribution is 0.0919. The molecule has 18 heavy (non-hydrogen) atoms. The van der Waals surface area contributed by atoms with Crippen LogP contribution < -0.4 is 5.32 Å². The number of benzene rings is 1. The van der Waals surface area contributed by atoms with Crippen LogP contribution in [0.4, 0.5) is 4.39 Å². The fourth-order valence-corrected chi connectivity index (χ4v) is 2.13. The number of carbonyl (C=O) groups is 1. The van der Waals surface area contributed by atoms with Crippen molar-refractivity contribution in [1.29, 1.82) is 0 Å². The van der Waals surface area contributed by atoms with Gasteiger partial charge in [0.2, 0.25) is 0 Å². The Kier molecular flexibility index (Phi) is 3.88. The number of carbonyl (C=O) groups excluding carboxylic acids is 1. The highest BCUT2D eigenvalue weighted by molar-refractivity contribution is 6.31. The molecule has 1 fully saturated rings. The standard InChI is InChI=1S/C13H15ClFNO2/c1-18-8-13(2-3-13)7-16-12(17)9-4-10(14)6-11(15)5-9/h4-6H,2-3,7-8H2,1H3,(H,16,17). The van der Waals surface area contributed by atoms with Gasteiger partial charge in [0, 0.05) is 29.7 Å². The highest BCUT2D eigenvalue weighted by atomic mass is 35.5. The number of nitrogens with one attached hydrogen (secondary N) is 1. The predicted molar refractivity (Wildman–Crippen MR) is 67.3 cm³/mol. The molecule has 1 aromatic rings. The van der Waals surface area contributed by atoms with Gasteiger partial charge >= 0.3 is 0 Å². The number of rotatable bonds is 5. The fraction of sp³-hybridized carbons (Fsp3) is 0.462. The van der Waals surface area contributed by atoms with E-state index < -0.39 is 5.82 Å². The Morgan fingerprint density at radius 1 is 1.50 bits per heavy atom. The Labute approximate surface area is 110 Å². The molecule has 0 radical (unpaired) electrons. The van der Waals surface area contributed by atoms with Crippen molar-refractivity contribution in [2.75, 3.05) is 20.3 Å². The molecule has 0 aromatic heterocycles. The van der Waals surface area contributed by atoms with Gasteiger partial charge in [-0.3, -0.25) is 4.79 Å². The monoisotopic (exact) mass is 271 g/mol. The van der Waals surface area contributed by atoms with E-state index in [1.54, 1.807) is 7.11 Å². The maximum absolute atomic E-state index is 13.1. The molecule has 2 rings (SSSR count). The van der Waals surface area contributed by atoms with Crippen molar-refractivity contribution in [3.63, 3.8) is 0 Å². The van der Waals surface area contributed by atoms with Gasteiger partial charge in [0.15, 0.2) is 0 Å². The zero-order chi connectivity index (χ0) is 13.2. The second-order valence-corrected chi connectivity index (χ2v) is 5.21. The summed E-state index contributed by atoms with van der Waals surface area (Å²) in [6.45, 7) is 1.19. The molecule has 1 amide bonds. The normalized spacial score (nSPS) is 16.4. The zero-order valence-electron chi connectivity index (χ0n) is 10.1. The van der Waals surface area contributed by atoms with Crippen LogP contribution in [0.3, 0.4) is 0 Å². The van der Waals surface area contributed by atoms with Gasteiger partial charge in [-0.25, -0.2) is 4.39 Å². The van der Waals surface area contributed by atoms with E-state index in [1.807, 2.05) is 0 Å². The Morgan fingerprint density at radius 2 is 2.22 bits per heavy atom. The van der Waals surface area contributed by atoms with Crippen molar-refractivity contribution in [3.8, 4) is 0 Å². The van der Waals surface area contributed by atoms with Gasteiger partial charge in [-0.2, -0.15) is 0 Å². The highest BCUT2D eigenvalue weighted by Crippen LogP contribution is 2.45. The van der Waals surface area contributed by atoms with Crippen LogP contribution >= 0.6 is 11.6 Å². The van der Waals surface area contributed by atoms with Crippen LogP contribution in [-0.2, 0) is 4.74 Å². The van der Waals surface area contributed by atoms with Gasteiger partial charge in [0.25, 0.3) is 5.91 Å². The number of methoxy groups -OCH3 is 1. The van der Waals surface area contributed by atoms with E-state index in [9.17, 15) is 9.18 Å². The fourth-order valence-electron chi connectivity index (χ4n) is 1.91. The average Bonchev–Trinajstić information content (AvgIpc) is 3.06. The van der Waals surface area contributed by atoms with Crippen LogP contribution in [0.1, 0.15) is 23.2 Å². The van der Waals surface area contributed by atoms with Crippen LogP contribution in [0.15, 0.2) is 18.2 Å². The number of halogens is 2. The van der Waals surface area contributed by atoms with Crippen LogP contribution in [0.2, 0.25) is 5.02 Å². The first-order valence-corrected chi connectivity index (χ1v) is 6.16. The summed E-state index contributed by atoms with van der Waals surface area (Å²) in [4.78, 5) is 11.9. The van der Waals surface area contributed by atoms with Gasteiger partial charge in [-0.15, -0.1) is 0 Å². The third-order valence-corrected chi connectivity index (χ3v) is 3.37. The maximum Gasteiger partial charge on any atom is 0.251 e. The molecule has 0 spiro atoms. The van der Waals surface area contributed by atoms with Crippen molar-refractivity contribution in [2.45, 2.75) is 12.8 Å². The largest absolute Gasteiger partial charge is 0.384 e. The van der Waals surface area contributed by atoms with E-state index in [4.69, 9.17) is 16.3 Å². The molecular formula is C13H15ClFNO2. The summed E-state index contributed by atoms with van der Waals surface area (Å²) >= 11 is 5.71. The maximum atomic E-state index is 13.1. The molecular weight excluding hydrogens is 257 g/mol. The van der Waals surface area contributed by atoms with Crippen molar-refractivity contribution in [3.05, 3.63) is 34.6 Å². The molecule has 1 saturated carbocycles. The van der Waals surface area contributed by atoms with Crippen molar-refractivity contribution in [1.82, 2.24) is 5.32 Å². The Balaban J connectivity index is 1.95. The minimum absolute atomic E-state index is 0.0710. The topological polar surface area (TPSA) is 38.3 Å². The van der Waals surface area contributed by atoms with Crippen LogP contribution in [-0.4, -0.2) is 26.2 Å². The van der Waals surface area contributed by atoms with E-state index in [1.165, 1.54) is 18.2 Å². The lowest BCUT2D eigenvalue weighted by atomic mass is 10.1. The van der Waals surface area contributed by atoms with E-state index in [-0.39, 0.29) is 21.9 Å². The minimum atomic E-state index is -0.509. The molecule has 1 aliphatic carbocycles. The summed E-state index contributed by atoms with van der Waals surface area (Å²) in [5.41, 5.74) is 0.315. The van der Waals surface area contributed by atoms with Gasteiger partial charge in [-0.1, -0.05) is 11.6 Å². The highest BCUT2D eigenvalue weighted by Gasteiger charge is 2.42. The Bertz CT molecular complexity index is 440. The van der Waals surface area contributed by atoms with Crippen LogP contribution in [0, 0.1) is 11.2 Å². The predicted octanol–water partition coefficient (Wildman–Crippen LogP) is 2.64. The van der Waals surface area contributed by atoms with Gasteiger partial charge in [-0.05, 0) is 31.0 Å². The molecule has 1 aromatic carbocycles. The smallest absolute Gasteiger partial charge is 0.251 e. The number of ether oxygens (including phenoxy) is 1. The molecule has 3 nitrogen and oxygen atoms in total. The lowest BCUT2D eigenvalue weighted by Gasteiger charge is -2.14. The van der Waals surface area contributed by atoms with Gasteiger partial charge in [0.1, 0.15) is 5.82 Å². The molecule has 0 saturated heterocycles. The molecule has 0 aliphatic heterocycles. The molecule has 0 unspecified atom stereocenters. The SMILES string of the molecule is COCC1(CNC(=O)c2cc(F)cc(Cl)c2)CC1. The zero-order valence-corrected chi connectivity index (χ0v) is 10.9. The summed E-state index contributed by atoms with van der Waals surface area (Å²) in [6, 6.07) is 3.80. The molecule has 5 heteroatoms. The molecule has 0 bridgehead atoms. The number of hydrogen-bond acceptors (Lipinski definition) is 2. The quantitative estimate of drug-likeness (QED) is 0.894. The third-order valence-electron chi connectivity index (χ3n) is 3.16. The first-order valence-electron chi connectivity index (χ1n) is 5.78. The Hall–Kier alpha value is -1.13. The number of hydrogen-bond donors (Lipinski definition) is 1. The van der Waals surface area contributed by atoms with Crippen molar-refractivity contribution >= 4 is 17.5 Å². The van der Waals surface area contributed by atoms with E-state index >= 15 is 0 Å². The van der Waals surface area contributed by atoms with Crippen LogP contribution in [0.5, 0.6) is 0 Å². The summed E-state index contributed by atoms with van der Waals surface area (Å²) in [6.07, 6.45) is 2.09. The van der Waals surface area contributed by atoms with Gasteiger partial charge < -0.3 is 10.1 Å². The second kappa shape index (κ2) is 5.24. The average molecular weight is 272 g/mol. The van der Waals surface area contributed by atoms with E-state index in [2.05, 4.69) is 5.32 Å². The first-order chi connectivity index (χ1) is 8.54. The van der Waals surface area contributed by atoms with E-state index in [0.717, 1.165) is 12.8 Å². The molecule has 0 atom stereocenters. The van der Waals surface area contributed by atoms with Crippen LogP contribution in [0.25, 0.3) is 0 Å². The molecule has 1 N–H and O–H groups in total. The Morgan fingerprint density at radius 3 is 2.78 bits per heavy atom. The third kappa shape index (κ3) is 3.21. The van der Waals surface area contributed by atoms with E-state index in [0.29, 0.717) is 13.2 Å². The van der Waals surface area contributed by atoms with Crippen molar-refractivity contribution < 1.29 is 13.9 Å². The van der Waals surface area contributed by atoms with Gasteiger partial charge in [0.05, 0.1) is 6.61 Å². The number of amides is 1. The first kappa shape index (κ1) is 13.3. The minimum Gasteiger partial charge on any atom is -0.384 e. The molecule has 0 heterocycles. The van der Waals surface area contributed by atoms with Crippen molar-refractivity contribution in [2.24, 2.45) is 5.41 Å².